The SMILES string of the molecule is COCCCCNCC1CCCC(Cl)C1. The van der Waals surface area contributed by atoms with Gasteiger partial charge < -0.3 is 10.1 Å². The first-order chi connectivity index (χ1) is 7.33. The number of ether oxygens (including phenoxy) is 1. The van der Waals surface area contributed by atoms with Crippen LogP contribution < -0.4 is 5.32 Å². The van der Waals surface area contributed by atoms with Crippen LogP contribution in [0.1, 0.15) is 38.5 Å². The van der Waals surface area contributed by atoms with E-state index < -0.39 is 0 Å². The van der Waals surface area contributed by atoms with Crippen molar-refractivity contribution in [3.8, 4) is 0 Å². The van der Waals surface area contributed by atoms with Crippen LogP contribution in [0.4, 0.5) is 0 Å². The van der Waals surface area contributed by atoms with Crippen LogP contribution in [0.25, 0.3) is 0 Å². The van der Waals surface area contributed by atoms with Gasteiger partial charge in [0.15, 0.2) is 0 Å². The standard InChI is InChI=1S/C12H24ClNO/c1-15-8-3-2-7-14-10-11-5-4-6-12(13)9-11/h11-12,14H,2-10H2,1H3. The molecule has 0 aliphatic heterocycles. The summed E-state index contributed by atoms with van der Waals surface area (Å²) >= 11 is 6.15. The average Bonchev–Trinajstić information content (AvgIpc) is 2.23. The van der Waals surface area contributed by atoms with Crippen molar-refractivity contribution >= 4 is 11.6 Å². The van der Waals surface area contributed by atoms with E-state index in [2.05, 4.69) is 5.32 Å². The van der Waals surface area contributed by atoms with E-state index in [1.54, 1.807) is 7.11 Å². The number of rotatable bonds is 7. The molecule has 2 unspecified atom stereocenters. The summed E-state index contributed by atoms with van der Waals surface area (Å²) in [6.45, 7) is 3.15. The van der Waals surface area contributed by atoms with Crippen molar-refractivity contribution in [1.82, 2.24) is 5.32 Å². The van der Waals surface area contributed by atoms with Gasteiger partial charge in [-0.1, -0.05) is 6.42 Å². The maximum atomic E-state index is 6.15. The van der Waals surface area contributed by atoms with Crippen LogP contribution in [0.3, 0.4) is 0 Å². The third-order valence-corrected chi connectivity index (χ3v) is 3.50. The molecule has 2 atom stereocenters. The molecule has 1 aliphatic carbocycles. The Labute approximate surface area is 98.7 Å². The lowest BCUT2D eigenvalue weighted by atomic mass is 9.89. The van der Waals surface area contributed by atoms with Crippen molar-refractivity contribution < 1.29 is 4.74 Å². The minimum absolute atomic E-state index is 0.430. The van der Waals surface area contributed by atoms with Crippen LogP contribution in [-0.4, -0.2) is 32.2 Å². The first-order valence-electron chi connectivity index (χ1n) is 6.16. The molecule has 1 N–H and O–H groups in total. The number of halogens is 1. The van der Waals surface area contributed by atoms with Crippen molar-refractivity contribution in [1.29, 1.82) is 0 Å². The van der Waals surface area contributed by atoms with E-state index in [1.165, 1.54) is 32.1 Å². The predicted molar refractivity (Wildman–Crippen MR) is 65.6 cm³/mol. The molecule has 0 bridgehead atoms. The van der Waals surface area contributed by atoms with Crippen LogP contribution in [-0.2, 0) is 4.74 Å². The molecule has 0 radical (unpaired) electrons. The van der Waals surface area contributed by atoms with E-state index in [1.807, 2.05) is 0 Å². The topological polar surface area (TPSA) is 21.3 Å². The Hall–Kier alpha value is 0.210. The van der Waals surface area contributed by atoms with E-state index in [4.69, 9.17) is 16.3 Å². The van der Waals surface area contributed by atoms with Gasteiger partial charge in [0.05, 0.1) is 0 Å². The summed E-state index contributed by atoms with van der Waals surface area (Å²) < 4.78 is 5.01. The summed E-state index contributed by atoms with van der Waals surface area (Å²) in [4.78, 5) is 0. The zero-order chi connectivity index (χ0) is 10.9. The number of hydrogen-bond acceptors (Lipinski definition) is 2. The van der Waals surface area contributed by atoms with Gasteiger partial charge in [0.25, 0.3) is 0 Å². The summed E-state index contributed by atoms with van der Waals surface area (Å²) in [6.07, 6.45) is 7.45. The molecule has 90 valence electrons. The fourth-order valence-corrected chi connectivity index (χ4v) is 2.62. The second-order valence-electron chi connectivity index (χ2n) is 4.53. The fraction of sp³-hybridized carbons (Fsp3) is 1.00. The number of methoxy groups -OCH3 is 1. The third kappa shape index (κ3) is 6.39. The molecule has 15 heavy (non-hydrogen) atoms. The Morgan fingerprint density at radius 2 is 2.20 bits per heavy atom. The number of alkyl halides is 1. The zero-order valence-electron chi connectivity index (χ0n) is 9.80. The lowest BCUT2D eigenvalue weighted by Gasteiger charge is -2.25. The van der Waals surface area contributed by atoms with Crippen LogP contribution in [0.15, 0.2) is 0 Å². The molecular formula is C12H24ClNO. The third-order valence-electron chi connectivity index (χ3n) is 3.10. The Balaban J connectivity index is 1.90. The van der Waals surface area contributed by atoms with Crippen molar-refractivity contribution in [2.75, 3.05) is 26.8 Å². The van der Waals surface area contributed by atoms with Crippen LogP contribution in [0.2, 0.25) is 0 Å². The van der Waals surface area contributed by atoms with Crippen molar-refractivity contribution in [3.63, 3.8) is 0 Å². The summed E-state index contributed by atoms with van der Waals surface area (Å²) in [5.41, 5.74) is 0. The Kier molecular flexibility index (Phi) is 7.41. The van der Waals surface area contributed by atoms with E-state index in [9.17, 15) is 0 Å². The van der Waals surface area contributed by atoms with E-state index in [0.29, 0.717) is 5.38 Å². The second kappa shape index (κ2) is 8.37. The van der Waals surface area contributed by atoms with Crippen LogP contribution in [0, 0.1) is 5.92 Å². The maximum Gasteiger partial charge on any atom is 0.0462 e. The van der Waals surface area contributed by atoms with Gasteiger partial charge >= 0.3 is 0 Å². The first-order valence-corrected chi connectivity index (χ1v) is 6.60. The molecule has 2 nitrogen and oxygen atoms in total. The molecular weight excluding hydrogens is 210 g/mol. The van der Waals surface area contributed by atoms with E-state index >= 15 is 0 Å². The Morgan fingerprint density at radius 3 is 2.93 bits per heavy atom. The van der Waals surface area contributed by atoms with Gasteiger partial charge in [-0.3, -0.25) is 0 Å². The normalized spacial score (nSPS) is 26.8. The molecule has 0 aromatic rings. The van der Waals surface area contributed by atoms with Gasteiger partial charge in [-0.15, -0.1) is 11.6 Å². The summed E-state index contributed by atoms with van der Waals surface area (Å²) in [6, 6.07) is 0. The molecule has 0 spiro atoms. The predicted octanol–water partition coefficient (Wildman–Crippen LogP) is 2.80. The van der Waals surface area contributed by atoms with Gasteiger partial charge in [-0.25, -0.2) is 0 Å². The highest BCUT2D eigenvalue weighted by molar-refractivity contribution is 6.20. The zero-order valence-corrected chi connectivity index (χ0v) is 10.6. The van der Waals surface area contributed by atoms with E-state index in [0.717, 1.165) is 32.0 Å². The van der Waals surface area contributed by atoms with Crippen molar-refractivity contribution in [2.24, 2.45) is 5.92 Å². The lowest BCUT2D eigenvalue weighted by Crippen LogP contribution is -2.28. The van der Waals surface area contributed by atoms with Gasteiger partial charge in [0, 0.05) is 19.1 Å². The quantitative estimate of drug-likeness (QED) is 0.540. The summed E-state index contributed by atoms with van der Waals surface area (Å²) in [5.74, 6) is 0.809. The maximum absolute atomic E-state index is 6.15. The number of nitrogens with one attached hydrogen (secondary N) is 1. The Bertz CT molecular complexity index is 155. The molecule has 1 rings (SSSR count). The minimum Gasteiger partial charge on any atom is -0.385 e. The van der Waals surface area contributed by atoms with Crippen molar-refractivity contribution in [2.45, 2.75) is 43.9 Å². The van der Waals surface area contributed by atoms with Crippen molar-refractivity contribution in [3.05, 3.63) is 0 Å². The van der Waals surface area contributed by atoms with Crippen LogP contribution >= 0.6 is 11.6 Å². The van der Waals surface area contributed by atoms with Gasteiger partial charge in [0.1, 0.15) is 0 Å². The van der Waals surface area contributed by atoms with Gasteiger partial charge in [0.2, 0.25) is 0 Å². The molecule has 0 saturated heterocycles. The molecule has 3 heteroatoms. The summed E-state index contributed by atoms with van der Waals surface area (Å²) in [5, 5.41) is 3.95. The highest BCUT2D eigenvalue weighted by Crippen LogP contribution is 2.27. The van der Waals surface area contributed by atoms with Gasteiger partial charge in [-0.05, 0) is 51.1 Å². The first kappa shape index (κ1) is 13.3. The average molecular weight is 234 g/mol. The van der Waals surface area contributed by atoms with Gasteiger partial charge in [-0.2, -0.15) is 0 Å². The lowest BCUT2D eigenvalue weighted by molar-refractivity contribution is 0.192. The highest BCUT2D eigenvalue weighted by Gasteiger charge is 2.19. The van der Waals surface area contributed by atoms with E-state index in [-0.39, 0.29) is 0 Å². The molecule has 0 aromatic carbocycles. The fourth-order valence-electron chi connectivity index (χ4n) is 2.21. The largest absolute Gasteiger partial charge is 0.385 e. The second-order valence-corrected chi connectivity index (χ2v) is 5.15. The monoisotopic (exact) mass is 233 g/mol. The molecule has 1 fully saturated rings. The summed E-state index contributed by atoms with van der Waals surface area (Å²) in [7, 11) is 1.76. The molecule has 1 aliphatic rings. The Morgan fingerprint density at radius 1 is 1.33 bits per heavy atom. The van der Waals surface area contributed by atoms with Crippen LogP contribution in [0.5, 0.6) is 0 Å². The highest BCUT2D eigenvalue weighted by atomic mass is 35.5. The minimum atomic E-state index is 0.430. The molecule has 0 amide bonds. The molecule has 1 saturated carbocycles. The molecule has 0 heterocycles. The number of unbranched alkanes of at least 4 members (excludes halogenated alkanes) is 1. The number of hydrogen-bond donors (Lipinski definition) is 1. The smallest absolute Gasteiger partial charge is 0.0462 e. The molecule has 0 aromatic heterocycles.